The molecule has 0 aliphatic carbocycles. The molecule has 1 fully saturated rings. The summed E-state index contributed by atoms with van der Waals surface area (Å²) in [4.78, 5) is 37.0. The maximum atomic E-state index is 12.6. The molecule has 2 aromatic rings. The minimum Gasteiger partial charge on any atom is -0.477 e. The van der Waals surface area contributed by atoms with Crippen molar-refractivity contribution in [3.63, 3.8) is 0 Å². The fourth-order valence-electron chi connectivity index (χ4n) is 3.22. The fourth-order valence-corrected chi connectivity index (χ4v) is 3.22. The van der Waals surface area contributed by atoms with Crippen LogP contribution < -0.4 is 10.1 Å². The Morgan fingerprint density at radius 3 is 2.31 bits per heavy atom. The number of hydrogen-bond donors (Lipinski definition) is 1. The van der Waals surface area contributed by atoms with Gasteiger partial charge in [0, 0.05) is 30.4 Å². The number of carbonyl (C=O) groups is 2. The lowest BCUT2D eigenvalue weighted by molar-refractivity contribution is -0.385. The van der Waals surface area contributed by atoms with E-state index in [1.165, 1.54) is 18.2 Å². The van der Waals surface area contributed by atoms with Crippen molar-refractivity contribution in [1.29, 1.82) is 0 Å². The van der Waals surface area contributed by atoms with Crippen LogP contribution in [-0.2, 0) is 4.79 Å². The van der Waals surface area contributed by atoms with E-state index in [0.717, 1.165) is 38.8 Å². The van der Waals surface area contributed by atoms with Crippen molar-refractivity contribution in [3.05, 3.63) is 64.2 Å². The van der Waals surface area contributed by atoms with Crippen LogP contribution >= 0.6 is 0 Å². The molecule has 0 unspecified atom stereocenters. The Hall–Kier alpha value is -3.42. The number of nitro groups is 1. The van der Waals surface area contributed by atoms with Crippen LogP contribution in [0.15, 0.2) is 48.5 Å². The minimum absolute atomic E-state index is 0.00416. The smallest absolute Gasteiger partial charge is 0.310 e. The van der Waals surface area contributed by atoms with Crippen LogP contribution in [-0.4, -0.2) is 41.3 Å². The summed E-state index contributed by atoms with van der Waals surface area (Å²) in [6.45, 7) is 1.19. The summed E-state index contributed by atoms with van der Waals surface area (Å²) >= 11 is 0. The maximum absolute atomic E-state index is 12.6. The van der Waals surface area contributed by atoms with E-state index in [9.17, 15) is 19.7 Å². The van der Waals surface area contributed by atoms with Crippen LogP contribution in [0, 0.1) is 10.1 Å². The maximum Gasteiger partial charge on any atom is 0.310 e. The number of para-hydroxylation sites is 2. The Morgan fingerprint density at radius 2 is 1.66 bits per heavy atom. The quantitative estimate of drug-likeness (QED) is 0.592. The van der Waals surface area contributed by atoms with Crippen molar-refractivity contribution in [1.82, 2.24) is 4.90 Å². The van der Waals surface area contributed by atoms with E-state index in [-0.39, 0.29) is 24.0 Å². The van der Waals surface area contributed by atoms with Gasteiger partial charge in [0.15, 0.2) is 12.4 Å². The normalized spacial score (nSPS) is 14.0. The van der Waals surface area contributed by atoms with Gasteiger partial charge in [-0.3, -0.25) is 19.7 Å². The van der Waals surface area contributed by atoms with Crippen LogP contribution in [0.5, 0.6) is 5.75 Å². The summed E-state index contributed by atoms with van der Waals surface area (Å²) in [7, 11) is 0. The number of anilines is 1. The molecule has 1 saturated heterocycles. The van der Waals surface area contributed by atoms with Gasteiger partial charge in [-0.25, -0.2) is 0 Å². The Labute approximate surface area is 168 Å². The highest BCUT2D eigenvalue weighted by Gasteiger charge is 2.18. The molecule has 0 radical (unpaired) electrons. The second-order valence-corrected chi connectivity index (χ2v) is 6.85. The molecular weight excluding hydrogens is 374 g/mol. The van der Waals surface area contributed by atoms with Gasteiger partial charge < -0.3 is 15.0 Å². The van der Waals surface area contributed by atoms with Crippen molar-refractivity contribution in [2.45, 2.75) is 25.7 Å². The van der Waals surface area contributed by atoms with E-state index >= 15 is 0 Å². The zero-order valence-electron chi connectivity index (χ0n) is 16.0. The molecule has 3 rings (SSSR count). The number of rotatable bonds is 6. The molecule has 1 heterocycles. The average molecular weight is 397 g/mol. The van der Waals surface area contributed by atoms with Gasteiger partial charge in [0.1, 0.15) is 0 Å². The lowest BCUT2D eigenvalue weighted by atomic mass is 10.1. The highest BCUT2D eigenvalue weighted by molar-refractivity contribution is 5.96. The standard InChI is InChI=1S/C21H23N3O5/c25-20(15-29-19-8-4-3-7-18(19)24(27)28)22-17-11-9-16(10-12-17)21(26)23-13-5-1-2-6-14-23/h3-4,7-12H,1-2,5-6,13-15H2,(H,22,25). The molecule has 1 aliphatic heterocycles. The lowest BCUT2D eigenvalue weighted by Gasteiger charge is -2.20. The first-order valence-corrected chi connectivity index (χ1v) is 9.60. The van der Waals surface area contributed by atoms with Crippen molar-refractivity contribution in [2.24, 2.45) is 0 Å². The van der Waals surface area contributed by atoms with Crippen LogP contribution in [0.4, 0.5) is 11.4 Å². The fraction of sp³-hybridized carbons (Fsp3) is 0.333. The zero-order valence-corrected chi connectivity index (χ0v) is 16.0. The highest BCUT2D eigenvalue weighted by atomic mass is 16.6. The predicted octanol–water partition coefficient (Wildman–Crippen LogP) is 3.63. The number of likely N-dealkylation sites (tertiary alicyclic amines) is 1. The molecule has 1 aliphatic rings. The summed E-state index contributed by atoms with van der Waals surface area (Å²) in [6.07, 6.45) is 4.37. The third-order valence-electron chi connectivity index (χ3n) is 4.73. The number of nitrogens with one attached hydrogen (secondary N) is 1. The van der Waals surface area contributed by atoms with E-state index in [1.54, 1.807) is 30.3 Å². The average Bonchev–Trinajstić information content (AvgIpc) is 3.02. The van der Waals surface area contributed by atoms with Crippen LogP contribution in [0.3, 0.4) is 0 Å². The molecule has 8 heteroatoms. The predicted molar refractivity (Wildman–Crippen MR) is 108 cm³/mol. The molecule has 0 aromatic heterocycles. The van der Waals surface area contributed by atoms with E-state index in [0.29, 0.717) is 11.3 Å². The van der Waals surface area contributed by atoms with Gasteiger partial charge in [0.25, 0.3) is 11.8 Å². The molecule has 0 bridgehead atoms. The number of benzene rings is 2. The Balaban J connectivity index is 1.55. The van der Waals surface area contributed by atoms with Gasteiger partial charge in [-0.15, -0.1) is 0 Å². The number of hydrogen-bond acceptors (Lipinski definition) is 5. The summed E-state index contributed by atoms with van der Waals surface area (Å²) in [5.41, 5.74) is 0.909. The summed E-state index contributed by atoms with van der Waals surface area (Å²) < 4.78 is 5.27. The lowest BCUT2D eigenvalue weighted by Crippen LogP contribution is -2.31. The Kier molecular flexibility index (Phi) is 6.78. The first-order chi connectivity index (χ1) is 14.0. The second-order valence-electron chi connectivity index (χ2n) is 6.85. The van der Waals surface area contributed by atoms with Crippen LogP contribution in [0.1, 0.15) is 36.0 Å². The van der Waals surface area contributed by atoms with Crippen molar-refractivity contribution < 1.29 is 19.2 Å². The van der Waals surface area contributed by atoms with Crippen molar-refractivity contribution >= 4 is 23.2 Å². The van der Waals surface area contributed by atoms with Gasteiger partial charge in [0.05, 0.1) is 4.92 Å². The molecule has 0 spiro atoms. The summed E-state index contributed by atoms with van der Waals surface area (Å²) in [5, 5.41) is 13.6. The van der Waals surface area contributed by atoms with E-state index < -0.39 is 10.8 Å². The Morgan fingerprint density at radius 1 is 1.00 bits per heavy atom. The SMILES string of the molecule is O=C(COc1ccccc1[N+](=O)[O-])Nc1ccc(C(=O)N2CCCCCC2)cc1. The molecular formula is C21H23N3O5. The second kappa shape index (κ2) is 9.68. The van der Waals surface area contributed by atoms with Crippen LogP contribution in [0.2, 0.25) is 0 Å². The van der Waals surface area contributed by atoms with Crippen molar-refractivity contribution in [2.75, 3.05) is 25.0 Å². The molecule has 1 N–H and O–H groups in total. The third-order valence-corrected chi connectivity index (χ3v) is 4.73. The first-order valence-electron chi connectivity index (χ1n) is 9.60. The van der Waals surface area contributed by atoms with Gasteiger partial charge >= 0.3 is 5.69 Å². The third kappa shape index (κ3) is 5.54. The molecule has 152 valence electrons. The summed E-state index contributed by atoms with van der Waals surface area (Å²) in [5.74, 6) is -0.412. The Bertz CT molecular complexity index is 874. The minimum atomic E-state index is -0.562. The molecule has 0 atom stereocenters. The van der Waals surface area contributed by atoms with Gasteiger partial charge in [-0.2, -0.15) is 0 Å². The highest BCUT2D eigenvalue weighted by Crippen LogP contribution is 2.25. The van der Waals surface area contributed by atoms with Gasteiger partial charge in [-0.1, -0.05) is 25.0 Å². The van der Waals surface area contributed by atoms with Crippen molar-refractivity contribution in [3.8, 4) is 5.75 Å². The van der Waals surface area contributed by atoms with E-state index in [1.807, 2.05) is 4.90 Å². The topological polar surface area (TPSA) is 102 Å². The molecule has 29 heavy (non-hydrogen) atoms. The zero-order chi connectivity index (χ0) is 20.6. The number of nitro benzene ring substituents is 1. The number of amides is 2. The monoisotopic (exact) mass is 397 g/mol. The molecule has 0 saturated carbocycles. The van der Waals surface area contributed by atoms with E-state index in [4.69, 9.17) is 4.74 Å². The van der Waals surface area contributed by atoms with Crippen LogP contribution in [0.25, 0.3) is 0 Å². The first kappa shape index (κ1) is 20.3. The van der Waals surface area contributed by atoms with E-state index in [2.05, 4.69) is 5.32 Å². The number of nitrogens with zero attached hydrogens (tertiary/aromatic N) is 2. The van der Waals surface area contributed by atoms with Gasteiger partial charge in [0.2, 0.25) is 0 Å². The molecule has 8 nitrogen and oxygen atoms in total. The van der Waals surface area contributed by atoms with Gasteiger partial charge in [-0.05, 0) is 43.2 Å². The largest absolute Gasteiger partial charge is 0.477 e. The molecule has 2 aromatic carbocycles. The summed E-state index contributed by atoms with van der Waals surface area (Å²) in [6, 6.07) is 12.6. The molecule has 2 amide bonds. The number of ether oxygens (including phenoxy) is 1. The number of carbonyl (C=O) groups excluding carboxylic acids is 2.